The molecule has 1 nitrogen and oxygen atoms in total. The third kappa shape index (κ3) is 3.69. The lowest BCUT2D eigenvalue weighted by Gasteiger charge is -2.24. The molecule has 2 unspecified atom stereocenters. The van der Waals surface area contributed by atoms with Gasteiger partial charge in [0.1, 0.15) is 5.82 Å². The monoisotopic (exact) mass is 271 g/mol. The van der Waals surface area contributed by atoms with Crippen LogP contribution in [0.3, 0.4) is 0 Å². The first kappa shape index (κ1) is 15.5. The van der Waals surface area contributed by atoms with Crippen LogP contribution in [0.15, 0.2) is 12.1 Å². The van der Waals surface area contributed by atoms with E-state index in [0.29, 0.717) is 16.5 Å². The Labute approximate surface area is 115 Å². The lowest BCUT2D eigenvalue weighted by atomic mass is 9.87. The van der Waals surface area contributed by atoms with Crippen molar-refractivity contribution < 1.29 is 4.39 Å². The second kappa shape index (κ2) is 7.10. The maximum Gasteiger partial charge on any atom is 0.127 e. The van der Waals surface area contributed by atoms with Crippen LogP contribution in [0.5, 0.6) is 0 Å². The van der Waals surface area contributed by atoms with E-state index in [-0.39, 0.29) is 11.9 Å². The Balaban J connectivity index is 2.94. The van der Waals surface area contributed by atoms with Gasteiger partial charge in [-0.3, -0.25) is 0 Å². The molecule has 0 heterocycles. The molecule has 0 amide bonds. The average molecular weight is 272 g/mol. The van der Waals surface area contributed by atoms with Crippen LogP contribution in [-0.4, -0.2) is 0 Å². The van der Waals surface area contributed by atoms with Crippen LogP contribution in [0, 0.1) is 18.7 Å². The number of benzene rings is 1. The summed E-state index contributed by atoms with van der Waals surface area (Å²) in [7, 11) is 0. The Morgan fingerprint density at radius 2 is 2.00 bits per heavy atom. The second-order valence-corrected chi connectivity index (χ2v) is 5.37. The molecule has 1 rings (SSSR count). The maximum atomic E-state index is 13.4. The van der Waals surface area contributed by atoms with E-state index in [2.05, 4.69) is 13.8 Å². The highest BCUT2D eigenvalue weighted by molar-refractivity contribution is 6.31. The van der Waals surface area contributed by atoms with Gasteiger partial charge in [0.25, 0.3) is 0 Å². The first-order valence-corrected chi connectivity index (χ1v) is 7.10. The van der Waals surface area contributed by atoms with E-state index in [1.807, 2.05) is 0 Å². The molecule has 3 heteroatoms. The van der Waals surface area contributed by atoms with Gasteiger partial charge in [0.05, 0.1) is 0 Å². The summed E-state index contributed by atoms with van der Waals surface area (Å²) in [5, 5.41) is 0.445. The van der Waals surface area contributed by atoms with Crippen molar-refractivity contribution in [3.05, 3.63) is 34.1 Å². The highest BCUT2D eigenvalue weighted by atomic mass is 35.5. The minimum Gasteiger partial charge on any atom is -0.324 e. The summed E-state index contributed by atoms with van der Waals surface area (Å²) in [5.41, 5.74) is 7.78. The van der Waals surface area contributed by atoms with Crippen molar-refractivity contribution in [1.29, 1.82) is 0 Å². The first-order chi connectivity index (χ1) is 8.51. The summed E-state index contributed by atoms with van der Waals surface area (Å²) in [5.74, 6) is 0.143. The molecule has 2 atom stereocenters. The van der Waals surface area contributed by atoms with Crippen LogP contribution >= 0.6 is 11.6 Å². The smallest absolute Gasteiger partial charge is 0.127 e. The van der Waals surface area contributed by atoms with E-state index >= 15 is 0 Å². The van der Waals surface area contributed by atoms with Crippen LogP contribution in [0.4, 0.5) is 4.39 Å². The Kier molecular flexibility index (Phi) is 6.10. The largest absolute Gasteiger partial charge is 0.324 e. The molecule has 0 bridgehead atoms. The topological polar surface area (TPSA) is 26.0 Å². The standard InChI is InChI=1S/C15H23ClFN/c1-4-6-7-11(5-2)15(18)12-8-10(3)14(17)9-13(12)16/h8-9,11,15H,4-7,18H2,1-3H3. The molecule has 0 aliphatic carbocycles. The average Bonchev–Trinajstić information content (AvgIpc) is 2.34. The van der Waals surface area contributed by atoms with Gasteiger partial charge in [0.15, 0.2) is 0 Å². The SMILES string of the molecule is CCCCC(CC)C(N)c1cc(C)c(F)cc1Cl. The number of halogens is 2. The molecule has 0 radical (unpaired) electrons. The van der Waals surface area contributed by atoms with E-state index in [0.717, 1.165) is 18.4 Å². The molecule has 0 saturated carbocycles. The van der Waals surface area contributed by atoms with E-state index in [1.54, 1.807) is 13.0 Å². The van der Waals surface area contributed by atoms with Crippen molar-refractivity contribution in [2.45, 2.75) is 52.5 Å². The van der Waals surface area contributed by atoms with Crippen LogP contribution in [0.1, 0.15) is 56.7 Å². The first-order valence-electron chi connectivity index (χ1n) is 6.72. The summed E-state index contributed by atoms with van der Waals surface area (Å²) < 4.78 is 13.4. The van der Waals surface area contributed by atoms with E-state index in [4.69, 9.17) is 17.3 Å². The van der Waals surface area contributed by atoms with E-state index < -0.39 is 0 Å². The molecule has 0 saturated heterocycles. The van der Waals surface area contributed by atoms with Gasteiger partial charge in [-0.05, 0) is 36.5 Å². The molecule has 18 heavy (non-hydrogen) atoms. The third-order valence-electron chi connectivity index (χ3n) is 3.60. The predicted octanol–water partition coefficient (Wildman–Crippen LogP) is 5.00. The molecular weight excluding hydrogens is 249 g/mol. The van der Waals surface area contributed by atoms with Crippen molar-refractivity contribution in [2.24, 2.45) is 11.7 Å². The molecule has 1 aromatic carbocycles. The van der Waals surface area contributed by atoms with Crippen molar-refractivity contribution in [3.63, 3.8) is 0 Å². The molecule has 2 N–H and O–H groups in total. The Morgan fingerprint density at radius 3 is 2.56 bits per heavy atom. The second-order valence-electron chi connectivity index (χ2n) is 4.96. The van der Waals surface area contributed by atoms with Crippen LogP contribution in [0.2, 0.25) is 5.02 Å². The number of aryl methyl sites for hydroxylation is 1. The number of hydrogen-bond donors (Lipinski definition) is 1. The highest BCUT2D eigenvalue weighted by Crippen LogP contribution is 2.32. The summed E-state index contributed by atoms with van der Waals surface area (Å²) in [6.07, 6.45) is 4.46. The summed E-state index contributed by atoms with van der Waals surface area (Å²) >= 11 is 6.11. The normalized spacial score (nSPS) is 14.6. The van der Waals surface area contributed by atoms with Gasteiger partial charge in [-0.1, -0.05) is 50.8 Å². The van der Waals surface area contributed by atoms with Crippen molar-refractivity contribution in [1.82, 2.24) is 0 Å². The fraction of sp³-hybridized carbons (Fsp3) is 0.600. The van der Waals surface area contributed by atoms with Crippen molar-refractivity contribution >= 4 is 11.6 Å². The third-order valence-corrected chi connectivity index (χ3v) is 3.93. The fourth-order valence-corrected chi connectivity index (χ4v) is 2.57. The highest BCUT2D eigenvalue weighted by Gasteiger charge is 2.20. The summed E-state index contributed by atoms with van der Waals surface area (Å²) in [6, 6.07) is 3.06. The summed E-state index contributed by atoms with van der Waals surface area (Å²) in [4.78, 5) is 0. The van der Waals surface area contributed by atoms with Crippen LogP contribution in [-0.2, 0) is 0 Å². The molecule has 1 aromatic rings. The number of rotatable bonds is 6. The van der Waals surface area contributed by atoms with Crippen molar-refractivity contribution in [3.8, 4) is 0 Å². The minimum absolute atomic E-state index is 0.103. The molecule has 0 aromatic heterocycles. The van der Waals surface area contributed by atoms with Gasteiger partial charge in [0.2, 0.25) is 0 Å². The van der Waals surface area contributed by atoms with Gasteiger partial charge < -0.3 is 5.73 Å². The van der Waals surface area contributed by atoms with Gasteiger partial charge in [0, 0.05) is 11.1 Å². The lowest BCUT2D eigenvalue weighted by Crippen LogP contribution is -2.21. The zero-order chi connectivity index (χ0) is 13.7. The number of nitrogens with two attached hydrogens (primary N) is 1. The van der Waals surface area contributed by atoms with Crippen LogP contribution < -0.4 is 5.73 Å². The van der Waals surface area contributed by atoms with Gasteiger partial charge >= 0.3 is 0 Å². The predicted molar refractivity (Wildman–Crippen MR) is 76.4 cm³/mol. The Morgan fingerprint density at radius 1 is 1.33 bits per heavy atom. The molecule has 0 fully saturated rings. The quantitative estimate of drug-likeness (QED) is 0.774. The zero-order valence-corrected chi connectivity index (χ0v) is 12.2. The molecule has 0 aliphatic rings. The molecular formula is C15H23ClFN. The van der Waals surface area contributed by atoms with E-state index in [9.17, 15) is 4.39 Å². The summed E-state index contributed by atoms with van der Waals surface area (Å²) in [6.45, 7) is 6.06. The molecule has 102 valence electrons. The molecule has 0 spiro atoms. The minimum atomic E-state index is -0.266. The number of unbranched alkanes of at least 4 members (excludes halogenated alkanes) is 1. The fourth-order valence-electron chi connectivity index (χ4n) is 2.29. The van der Waals surface area contributed by atoms with Crippen LogP contribution in [0.25, 0.3) is 0 Å². The van der Waals surface area contributed by atoms with Gasteiger partial charge in [-0.15, -0.1) is 0 Å². The maximum absolute atomic E-state index is 13.4. The van der Waals surface area contributed by atoms with E-state index in [1.165, 1.54) is 18.9 Å². The zero-order valence-electron chi connectivity index (χ0n) is 11.5. The van der Waals surface area contributed by atoms with Gasteiger partial charge in [-0.2, -0.15) is 0 Å². The number of hydrogen-bond acceptors (Lipinski definition) is 1. The lowest BCUT2D eigenvalue weighted by molar-refractivity contribution is 0.378. The van der Waals surface area contributed by atoms with Crippen molar-refractivity contribution in [2.75, 3.05) is 0 Å². The molecule has 0 aliphatic heterocycles. The Hall–Kier alpha value is -0.600. The van der Waals surface area contributed by atoms with Gasteiger partial charge in [-0.25, -0.2) is 4.39 Å². The Bertz CT molecular complexity index is 392.